The van der Waals surface area contributed by atoms with Gasteiger partial charge in [-0.1, -0.05) is 0 Å². The van der Waals surface area contributed by atoms with Gasteiger partial charge in [-0.05, 0) is 11.6 Å². The lowest BCUT2D eigenvalue weighted by atomic mass is 10.6. The first-order valence-corrected chi connectivity index (χ1v) is 5.35. The van der Waals surface area contributed by atoms with Crippen LogP contribution >= 0.6 is 22.3 Å². The van der Waals surface area contributed by atoms with Gasteiger partial charge < -0.3 is 4.42 Å². The molecule has 0 radical (unpaired) electrons. The second-order valence-electron chi connectivity index (χ2n) is 1.77. The summed E-state index contributed by atoms with van der Waals surface area (Å²) in [7, 11) is 1.35. The first kappa shape index (κ1) is 8.83. The fourth-order valence-corrected chi connectivity index (χ4v) is 1.50. The Hall–Kier alpha value is -0.260. The molecule has 1 aromatic rings. The van der Waals surface area contributed by atoms with Gasteiger partial charge in [0.2, 0.25) is 9.05 Å². The van der Waals surface area contributed by atoms with Gasteiger partial charge in [0, 0.05) is 10.7 Å². The second-order valence-corrected chi connectivity index (χ2v) is 4.88. The largest absolute Gasteiger partial charge is 0.436 e. The predicted octanol–water partition coefficient (Wildman–Crippen LogP) is 1.40. The van der Waals surface area contributed by atoms with Gasteiger partial charge in [0.25, 0.3) is 5.35 Å². The van der Waals surface area contributed by atoms with Crippen molar-refractivity contribution in [3.05, 3.63) is 17.3 Å². The highest BCUT2D eigenvalue weighted by atomic mass is 35.7. The van der Waals surface area contributed by atoms with Crippen LogP contribution in [0.15, 0.2) is 10.7 Å². The van der Waals surface area contributed by atoms with Gasteiger partial charge >= 0.3 is 0 Å². The maximum atomic E-state index is 10.5. The molecular weight excluding hydrogens is 213 g/mol. The average Bonchev–Trinajstić information content (AvgIpc) is 2.10. The number of rotatable bonds is 2. The Kier molecular flexibility index (Phi) is 2.41. The Morgan fingerprint density at radius 3 is 2.64 bits per heavy atom. The lowest BCUT2D eigenvalue weighted by Gasteiger charge is -1.86. The van der Waals surface area contributed by atoms with Gasteiger partial charge in [0.1, 0.15) is 12.0 Å². The Morgan fingerprint density at radius 2 is 2.27 bits per heavy atom. The molecule has 0 aromatic carbocycles. The molecular formula is C4H3Cl2NO3S. The summed E-state index contributed by atoms with van der Waals surface area (Å²) in [4.78, 5) is 3.53. The molecule has 4 nitrogen and oxygen atoms in total. The van der Waals surface area contributed by atoms with Gasteiger partial charge in [-0.15, -0.1) is 0 Å². The van der Waals surface area contributed by atoms with Crippen LogP contribution in [0, 0.1) is 0 Å². The Balaban J connectivity index is 2.81. The second kappa shape index (κ2) is 3.00. The van der Waals surface area contributed by atoms with Crippen molar-refractivity contribution < 1.29 is 12.8 Å². The Bertz CT molecular complexity index is 344. The molecule has 1 aromatic heterocycles. The highest BCUT2D eigenvalue weighted by Crippen LogP contribution is 2.12. The summed E-state index contributed by atoms with van der Waals surface area (Å²) in [6.45, 7) is 0. The van der Waals surface area contributed by atoms with Crippen LogP contribution in [0.4, 0.5) is 0 Å². The minimum atomic E-state index is -3.57. The highest BCUT2D eigenvalue weighted by molar-refractivity contribution is 8.13. The fourth-order valence-electron chi connectivity index (χ4n) is 0.525. The molecule has 7 heteroatoms. The van der Waals surface area contributed by atoms with Crippen LogP contribution < -0.4 is 0 Å². The summed E-state index contributed by atoms with van der Waals surface area (Å²) in [6, 6.07) is 0. The van der Waals surface area contributed by atoms with E-state index >= 15 is 0 Å². The van der Waals surface area contributed by atoms with E-state index in [1.165, 1.54) is 0 Å². The van der Waals surface area contributed by atoms with Crippen molar-refractivity contribution in [1.82, 2.24) is 4.98 Å². The maximum Gasteiger partial charge on any atom is 0.292 e. The molecule has 0 saturated carbocycles. The topological polar surface area (TPSA) is 60.2 Å². The summed E-state index contributed by atoms with van der Waals surface area (Å²) in [5.41, 5.74) is 0.199. The monoisotopic (exact) mass is 215 g/mol. The first-order chi connectivity index (χ1) is 4.97. The van der Waals surface area contributed by atoms with Gasteiger partial charge in [0.05, 0.1) is 5.69 Å². The Morgan fingerprint density at radius 1 is 1.64 bits per heavy atom. The summed E-state index contributed by atoms with van der Waals surface area (Å²) < 4.78 is 25.4. The zero-order valence-corrected chi connectivity index (χ0v) is 7.45. The Labute approximate surface area is 72.5 Å². The quantitative estimate of drug-likeness (QED) is 0.701. The van der Waals surface area contributed by atoms with E-state index in [1.807, 2.05) is 0 Å². The highest BCUT2D eigenvalue weighted by Gasteiger charge is 2.10. The summed E-state index contributed by atoms with van der Waals surface area (Å²) in [5.74, 6) is -0.370. The van der Waals surface area contributed by atoms with E-state index < -0.39 is 9.05 Å². The molecule has 0 aliphatic rings. The van der Waals surface area contributed by atoms with E-state index in [0.29, 0.717) is 0 Å². The van der Waals surface area contributed by atoms with E-state index in [9.17, 15) is 8.42 Å². The number of hydrogen-bond donors (Lipinski definition) is 0. The zero-order valence-electron chi connectivity index (χ0n) is 5.12. The van der Waals surface area contributed by atoms with Crippen LogP contribution in [0.5, 0.6) is 0 Å². The molecule has 0 bridgehead atoms. The predicted molar refractivity (Wildman–Crippen MR) is 40.0 cm³/mol. The van der Waals surface area contributed by atoms with E-state index in [0.717, 1.165) is 6.26 Å². The molecule has 0 unspecified atom stereocenters. The smallest absolute Gasteiger partial charge is 0.292 e. The van der Waals surface area contributed by atoms with E-state index in [2.05, 4.69) is 9.40 Å². The van der Waals surface area contributed by atoms with Crippen molar-refractivity contribution >= 4 is 31.3 Å². The number of nitrogens with zero attached hydrogens (tertiary/aromatic N) is 1. The molecule has 0 atom stereocenters. The first-order valence-electron chi connectivity index (χ1n) is 2.49. The van der Waals surface area contributed by atoms with Crippen molar-refractivity contribution in [2.75, 3.05) is 0 Å². The van der Waals surface area contributed by atoms with Crippen LogP contribution in [0.25, 0.3) is 0 Å². The molecule has 1 heterocycles. The van der Waals surface area contributed by atoms with Gasteiger partial charge in [-0.3, -0.25) is 0 Å². The molecule has 1 rings (SSSR count). The van der Waals surface area contributed by atoms with E-state index in [4.69, 9.17) is 22.3 Å². The maximum absolute atomic E-state index is 10.5. The number of hydrogen-bond acceptors (Lipinski definition) is 4. The van der Waals surface area contributed by atoms with Gasteiger partial charge in [-0.2, -0.15) is 0 Å². The molecule has 0 amide bonds. The van der Waals surface area contributed by atoms with E-state index in [1.54, 1.807) is 0 Å². The zero-order chi connectivity index (χ0) is 8.48. The standard InChI is InChI=1S/C4H3Cl2NO3S/c5-4-7-3(1-10-4)2-11(6,8)9/h1H,2H2. The van der Waals surface area contributed by atoms with Crippen molar-refractivity contribution in [3.63, 3.8) is 0 Å². The van der Waals surface area contributed by atoms with Crippen LogP contribution in [-0.2, 0) is 14.8 Å². The van der Waals surface area contributed by atoms with Gasteiger partial charge in [-0.25, -0.2) is 13.4 Å². The number of oxazole rings is 1. The minimum Gasteiger partial charge on any atom is -0.436 e. The summed E-state index contributed by atoms with van der Waals surface area (Å²) >= 11 is 5.27. The fraction of sp³-hybridized carbons (Fsp3) is 0.250. The van der Waals surface area contributed by atoms with Crippen molar-refractivity contribution in [2.24, 2.45) is 0 Å². The molecule has 0 spiro atoms. The molecule has 0 saturated heterocycles. The summed E-state index contributed by atoms with van der Waals surface area (Å²) in [5, 5.41) is -0.0969. The third-order valence-electron chi connectivity index (χ3n) is 0.844. The third kappa shape index (κ3) is 3.09. The lowest BCUT2D eigenvalue weighted by Crippen LogP contribution is -1.94. The SMILES string of the molecule is O=S(=O)(Cl)Cc1coc(Cl)n1. The molecule has 0 N–H and O–H groups in total. The molecule has 0 aliphatic heterocycles. The molecule has 0 fully saturated rings. The number of aromatic nitrogens is 1. The molecule has 0 aliphatic carbocycles. The average molecular weight is 216 g/mol. The van der Waals surface area contributed by atoms with Crippen LogP contribution in [0.3, 0.4) is 0 Å². The minimum absolute atomic E-state index is 0.0969. The lowest BCUT2D eigenvalue weighted by molar-refractivity contribution is 0.558. The normalized spacial score (nSPS) is 11.8. The van der Waals surface area contributed by atoms with Crippen LogP contribution in [0.2, 0.25) is 5.35 Å². The molecule has 62 valence electrons. The van der Waals surface area contributed by atoms with Crippen LogP contribution in [0.1, 0.15) is 5.69 Å². The van der Waals surface area contributed by atoms with Gasteiger partial charge in [0.15, 0.2) is 0 Å². The summed E-state index contributed by atoms with van der Waals surface area (Å²) in [6.07, 6.45) is 1.14. The number of halogens is 2. The molecule has 11 heavy (non-hydrogen) atoms. The third-order valence-corrected chi connectivity index (χ3v) is 1.99. The van der Waals surface area contributed by atoms with E-state index in [-0.39, 0.29) is 16.8 Å². The van der Waals surface area contributed by atoms with Crippen molar-refractivity contribution in [1.29, 1.82) is 0 Å². The van der Waals surface area contributed by atoms with Crippen molar-refractivity contribution in [2.45, 2.75) is 5.75 Å². The van der Waals surface area contributed by atoms with Crippen molar-refractivity contribution in [3.8, 4) is 0 Å². The van der Waals surface area contributed by atoms with Crippen LogP contribution in [-0.4, -0.2) is 13.4 Å².